The Morgan fingerprint density at radius 1 is 1.13 bits per heavy atom. The highest BCUT2D eigenvalue weighted by atomic mass is 35.5. The number of nitrogens with zero attached hydrogens (tertiary/aromatic N) is 2. The molecule has 0 aliphatic heterocycles. The fourth-order valence-corrected chi connectivity index (χ4v) is 3.41. The number of H-pyrrole nitrogens is 1. The molecule has 7 nitrogen and oxygen atoms in total. The van der Waals surface area contributed by atoms with E-state index in [2.05, 4.69) is 11.7 Å². The van der Waals surface area contributed by atoms with Crippen LogP contribution in [0.25, 0.3) is 29.7 Å². The third-order valence-electron chi connectivity index (χ3n) is 5.08. The lowest BCUT2D eigenvalue weighted by molar-refractivity contribution is -0.384. The number of hydrogen-bond acceptors (Lipinski definition) is 4. The van der Waals surface area contributed by atoms with E-state index in [1.165, 1.54) is 10.7 Å². The molecule has 0 aliphatic rings. The summed E-state index contributed by atoms with van der Waals surface area (Å²) < 4.78 is 7.20. The van der Waals surface area contributed by atoms with E-state index in [4.69, 9.17) is 16.0 Å². The maximum absolute atomic E-state index is 12.9. The first kappa shape index (κ1) is 20.4. The van der Waals surface area contributed by atoms with Crippen LogP contribution in [-0.2, 0) is 0 Å². The lowest BCUT2D eigenvalue weighted by Crippen LogP contribution is -2.33. The Hall–Kier alpha value is -3.84. The first-order valence-electron chi connectivity index (χ1n) is 9.38. The number of hydrogen-bond donors (Lipinski definition) is 1. The van der Waals surface area contributed by atoms with Crippen molar-refractivity contribution in [1.82, 2.24) is 9.78 Å². The summed E-state index contributed by atoms with van der Waals surface area (Å²) >= 11 is 5.91. The molecular formula is C23H18ClN3O4. The zero-order chi connectivity index (χ0) is 22.3. The minimum absolute atomic E-state index is 0.0337. The molecule has 0 atom stereocenters. The van der Waals surface area contributed by atoms with Gasteiger partial charge in [-0.05, 0) is 73.5 Å². The van der Waals surface area contributed by atoms with E-state index in [1.807, 2.05) is 13.8 Å². The minimum Gasteiger partial charge on any atom is -0.456 e. The molecule has 0 fully saturated rings. The van der Waals surface area contributed by atoms with Crippen LogP contribution in [0.1, 0.15) is 16.9 Å². The Morgan fingerprint density at radius 2 is 1.81 bits per heavy atom. The third kappa shape index (κ3) is 3.83. The van der Waals surface area contributed by atoms with E-state index in [9.17, 15) is 14.9 Å². The van der Waals surface area contributed by atoms with Crippen molar-refractivity contribution in [2.75, 3.05) is 0 Å². The van der Waals surface area contributed by atoms with Gasteiger partial charge in [0.1, 0.15) is 11.5 Å². The van der Waals surface area contributed by atoms with Crippen molar-refractivity contribution in [3.63, 3.8) is 0 Å². The predicted octanol–water partition coefficient (Wildman–Crippen LogP) is 3.84. The van der Waals surface area contributed by atoms with Gasteiger partial charge in [0.2, 0.25) is 0 Å². The first-order valence-corrected chi connectivity index (χ1v) is 9.76. The normalized spacial score (nSPS) is 11.8. The van der Waals surface area contributed by atoms with Gasteiger partial charge in [0.15, 0.2) is 0 Å². The van der Waals surface area contributed by atoms with Crippen LogP contribution < -0.4 is 16.1 Å². The number of halogens is 1. The molecule has 0 saturated carbocycles. The Bertz CT molecular complexity index is 1480. The molecule has 0 amide bonds. The van der Waals surface area contributed by atoms with Crippen molar-refractivity contribution in [3.8, 4) is 17.0 Å². The summed E-state index contributed by atoms with van der Waals surface area (Å²) in [6.07, 6.45) is 1.56. The van der Waals surface area contributed by atoms with Gasteiger partial charge in [-0.1, -0.05) is 18.2 Å². The summed E-state index contributed by atoms with van der Waals surface area (Å²) in [5, 5.41) is 15.7. The Kier molecular flexibility index (Phi) is 5.12. The third-order valence-corrected chi connectivity index (χ3v) is 5.33. The Labute approximate surface area is 181 Å². The average molecular weight is 436 g/mol. The second kappa shape index (κ2) is 7.77. The van der Waals surface area contributed by atoms with Crippen LogP contribution in [0.3, 0.4) is 0 Å². The van der Waals surface area contributed by atoms with Gasteiger partial charge in [0, 0.05) is 11.1 Å². The molecule has 4 aromatic rings. The molecule has 2 aromatic heterocycles. The number of nitrogens with one attached hydrogen (secondary N) is 1. The largest absolute Gasteiger partial charge is 0.456 e. The predicted molar refractivity (Wildman–Crippen MR) is 120 cm³/mol. The van der Waals surface area contributed by atoms with E-state index in [0.717, 1.165) is 11.1 Å². The summed E-state index contributed by atoms with van der Waals surface area (Å²) in [6.45, 7) is 7.60. The summed E-state index contributed by atoms with van der Waals surface area (Å²) in [5.74, 6) is 0.729. The minimum atomic E-state index is -0.432. The zero-order valence-electron chi connectivity index (χ0n) is 16.8. The maximum atomic E-state index is 12.9. The van der Waals surface area contributed by atoms with E-state index in [1.54, 1.807) is 48.5 Å². The number of aromatic nitrogens is 2. The molecule has 156 valence electrons. The highest BCUT2D eigenvalue weighted by Gasteiger charge is 2.19. The number of rotatable bonds is 4. The molecule has 31 heavy (non-hydrogen) atoms. The summed E-state index contributed by atoms with van der Waals surface area (Å²) in [4.78, 5) is 23.9. The van der Waals surface area contributed by atoms with Crippen LogP contribution in [0.2, 0.25) is 5.02 Å². The maximum Gasteiger partial charge on any atom is 0.280 e. The SMILES string of the molecule is C=c1[nH]n(-c2ccc(Cl)cc2)c(=O)/c1=C\c1ccc(-c2cc(C)c(C)cc2[N+](=O)[O-])o1. The van der Waals surface area contributed by atoms with Crippen LogP contribution in [0.5, 0.6) is 0 Å². The van der Waals surface area contributed by atoms with E-state index in [0.29, 0.717) is 38.4 Å². The molecule has 0 radical (unpaired) electrons. The van der Waals surface area contributed by atoms with Crippen LogP contribution in [0.15, 0.2) is 57.7 Å². The van der Waals surface area contributed by atoms with Crippen molar-refractivity contribution in [2.24, 2.45) is 0 Å². The molecule has 0 aliphatic carbocycles. The topological polar surface area (TPSA) is 94.1 Å². The molecule has 4 rings (SSSR count). The number of nitro groups is 1. The number of aromatic amines is 1. The summed E-state index contributed by atoms with van der Waals surface area (Å²) in [6, 6.07) is 13.4. The lowest BCUT2D eigenvalue weighted by atomic mass is 10.0. The number of benzene rings is 2. The molecule has 2 aromatic carbocycles. The van der Waals surface area contributed by atoms with Crippen LogP contribution in [0.4, 0.5) is 5.69 Å². The molecule has 0 unspecified atom stereocenters. The molecule has 2 heterocycles. The highest BCUT2D eigenvalue weighted by molar-refractivity contribution is 6.30. The average Bonchev–Trinajstić information content (AvgIpc) is 3.30. The van der Waals surface area contributed by atoms with E-state index in [-0.39, 0.29) is 11.2 Å². The van der Waals surface area contributed by atoms with Crippen LogP contribution >= 0.6 is 11.6 Å². The van der Waals surface area contributed by atoms with E-state index < -0.39 is 4.92 Å². The molecule has 8 heteroatoms. The molecular weight excluding hydrogens is 418 g/mol. The van der Waals surface area contributed by atoms with Gasteiger partial charge in [-0.25, -0.2) is 4.68 Å². The smallest absolute Gasteiger partial charge is 0.280 e. The Morgan fingerprint density at radius 3 is 2.48 bits per heavy atom. The number of furan rings is 1. The van der Waals surface area contributed by atoms with Crippen molar-refractivity contribution in [2.45, 2.75) is 13.8 Å². The van der Waals surface area contributed by atoms with Crippen molar-refractivity contribution < 1.29 is 9.34 Å². The first-order chi connectivity index (χ1) is 14.7. The lowest BCUT2D eigenvalue weighted by Gasteiger charge is -2.04. The second-order valence-corrected chi connectivity index (χ2v) is 7.61. The van der Waals surface area contributed by atoms with Crippen LogP contribution in [-0.4, -0.2) is 14.7 Å². The monoisotopic (exact) mass is 435 g/mol. The van der Waals surface area contributed by atoms with Gasteiger partial charge in [0.05, 0.1) is 26.7 Å². The van der Waals surface area contributed by atoms with Gasteiger partial charge in [0.25, 0.3) is 11.2 Å². The quantitative estimate of drug-likeness (QED) is 0.389. The van der Waals surface area contributed by atoms with Gasteiger partial charge in [-0.2, -0.15) is 0 Å². The zero-order valence-corrected chi connectivity index (χ0v) is 17.6. The van der Waals surface area contributed by atoms with Gasteiger partial charge < -0.3 is 4.42 Å². The van der Waals surface area contributed by atoms with Crippen LogP contribution in [0, 0.1) is 24.0 Å². The second-order valence-electron chi connectivity index (χ2n) is 7.18. The van der Waals surface area contributed by atoms with Gasteiger partial charge >= 0.3 is 0 Å². The number of nitro benzene ring substituents is 1. The van der Waals surface area contributed by atoms with E-state index >= 15 is 0 Å². The van der Waals surface area contributed by atoms with Crippen molar-refractivity contribution >= 4 is 29.9 Å². The Balaban J connectivity index is 1.80. The van der Waals surface area contributed by atoms with Crippen molar-refractivity contribution in [1.29, 1.82) is 0 Å². The van der Waals surface area contributed by atoms with Gasteiger partial charge in [-0.3, -0.25) is 20.0 Å². The fourth-order valence-electron chi connectivity index (χ4n) is 3.28. The molecule has 1 N–H and O–H groups in total. The molecule has 0 saturated heterocycles. The molecule has 0 bridgehead atoms. The molecule has 0 spiro atoms. The summed E-state index contributed by atoms with van der Waals surface area (Å²) in [5.41, 5.74) is 2.40. The van der Waals surface area contributed by atoms with Gasteiger partial charge in [-0.15, -0.1) is 0 Å². The highest BCUT2D eigenvalue weighted by Crippen LogP contribution is 2.33. The summed E-state index contributed by atoms with van der Waals surface area (Å²) in [7, 11) is 0. The van der Waals surface area contributed by atoms with Crippen molar-refractivity contribution in [3.05, 3.63) is 101 Å². The fraction of sp³-hybridized carbons (Fsp3) is 0.0870. The standard InChI is InChI=1S/C23H18ClN3O4/c1-13-10-20(21(27(29)30)11-14(13)2)22-9-8-18(31-22)12-19-15(3)25-26(23(19)28)17-6-4-16(24)5-7-17/h4-12,25H,3H2,1-2H3/b19-12-. The number of aryl methyl sites for hydroxylation is 2.